The zero-order chi connectivity index (χ0) is 22.4. The molecular weight excluding hydrogens is 400 g/mol. The summed E-state index contributed by atoms with van der Waals surface area (Å²) in [4.78, 5) is 28.9. The molecule has 1 aromatic heterocycles. The molecule has 0 bridgehead atoms. The number of ether oxygens (including phenoxy) is 3. The van der Waals surface area contributed by atoms with Crippen molar-refractivity contribution in [1.29, 1.82) is 0 Å². The SMILES string of the molecule is COc1ccnc(C(=O)N[C@@H](C)C(=O)O[C@@H](C)[C@@H](OCC2CC2)c2ccccc2)c1O. The molecule has 2 N–H and O–H groups in total. The largest absolute Gasteiger partial charge is 0.503 e. The standard InChI is InChI=1S/C23H28N2O6/c1-14(25-22(27)19-20(26)18(29-3)11-12-24-19)23(28)31-15(2)21(30-13-16-9-10-16)17-7-5-4-6-8-17/h4-8,11-12,14-16,21,26H,9-10,13H2,1-3H3,(H,25,27)/t14-,15-,21+/m0/s1. The van der Waals surface area contributed by atoms with Gasteiger partial charge in [-0.3, -0.25) is 4.79 Å². The fraction of sp³-hybridized carbons (Fsp3) is 0.435. The highest BCUT2D eigenvalue weighted by atomic mass is 16.6. The van der Waals surface area contributed by atoms with Crippen LogP contribution in [0.3, 0.4) is 0 Å². The molecule has 0 spiro atoms. The fourth-order valence-electron chi connectivity index (χ4n) is 3.11. The third kappa shape index (κ3) is 5.95. The number of aromatic nitrogens is 1. The molecule has 1 heterocycles. The van der Waals surface area contributed by atoms with Gasteiger partial charge in [-0.05, 0) is 38.2 Å². The predicted octanol–water partition coefficient (Wildman–Crippen LogP) is 3.01. The Hall–Kier alpha value is -3.13. The highest BCUT2D eigenvalue weighted by Gasteiger charge is 2.30. The molecule has 3 rings (SSSR count). The van der Waals surface area contributed by atoms with Crippen molar-refractivity contribution in [1.82, 2.24) is 10.3 Å². The maximum atomic E-state index is 12.6. The van der Waals surface area contributed by atoms with Gasteiger partial charge in [-0.25, -0.2) is 9.78 Å². The maximum Gasteiger partial charge on any atom is 0.328 e. The molecule has 2 aromatic rings. The Morgan fingerprint density at radius 3 is 2.55 bits per heavy atom. The summed E-state index contributed by atoms with van der Waals surface area (Å²) in [6.07, 6.45) is 2.68. The van der Waals surface area contributed by atoms with E-state index in [9.17, 15) is 14.7 Å². The molecule has 1 aliphatic rings. The molecule has 0 saturated heterocycles. The molecule has 1 aliphatic carbocycles. The number of benzene rings is 1. The molecule has 1 aromatic carbocycles. The Balaban J connectivity index is 1.62. The summed E-state index contributed by atoms with van der Waals surface area (Å²) in [5.74, 6) is -1.04. The third-order valence-electron chi connectivity index (χ3n) is 5.09. The molecule has 0 aliphatic heterocycles. The van der Waals surface area contributed by atoms with Crippen LogP contribution in [0.1, 0.15) is 48.8 Å². The van der Waals surface area contributed by atoms with Crippen molar-refractivity contribution in [3.8, 4) is 11.5 Å². The zero-order valence-electron chi connectivity index (χ0n) is 17.9. The Morgan fingerprint density at radius 2 is 1.90 bits per heavy atom. The number of hydrogen-bond acceptors (Lipinski definition) is 7. The highest BCUT2D eigenvalue weighted by Crippen LogP contribution is 2.32. The summed E-state index contributed by atoms with van der Waals surface area (Å²) >= 11 is 0. The van der Waals surface area contributed by atoms with Crippen molar-refractivity contribution >= 4 is 11.9 Å². The van der Waals surface area contributed by atoms with Crippen LogP contribution >= 0.6 is 0 Å². The number of hydrogen-bond donors (Lipinski definition) is 2. The van der Waals surface area contributed by atoms with Gasteiger partial charge in [0.2, 0.25) is 0 Å². The minimum absolute atomic E-state index is 0.113. The number of methoxy groups -OCH3 is 1. The first-order valence-electron chi connectivity index (χ1n) is 10.3. The first-order valence-corrected chi connectivity index (χ1v) is 10.3. The molecule has 1 fully saturated rings. The molecule has 8 heteroatoms. The van der Waals surface area contributed by atoms with Crippen LogP contribution in [0.25, 0.3) is 0 Å². The number of nitrogens with zero attached hydrogens (tertiary/aromatic N) is 1. The van der Waals surface area contributed by atoms with Crippen molar-refractivity contribution in [3.63, 3.8) is 0 Å². The van der Waals surface area contributed by atoms with E-state index >= 15 is 0 Å². The van der Waals surface area contributed by atoms with E-state index in [1.165, 1.54) is 26.3 Å². The van der Waals surface area contributed by atoms with Crippen LogP contribution in [-0.4, -0.2) is 47.8 Å². The number of amides is 1. The quantitative estimate of drug-likeness (QED) is 0.560. The lowest BCUT2D eigenvalue weighted by molar-refractivity contribution is -0.158. The fourth-order valence-corrected chi connectivity index (χ4v) is 3.11. The Kier molecular flexibility index (Phi) is 7.46. The predicted molar refractivity (Wildman–Crippen MR) is 113 cm³/mol. The van der Waals surface area contributed by atoms with E-state index in [0.29, 0.717) is 12.5 Å². The van der Waals surface area contributed by atoms with Crippen molar-refractivity contribution in [3.05, 3.63) is 53.9 Å². The van der Waals surface area contributed by atoms with E-state index in [0.717, 1.165) is 18.4 Å². The van der Waals surface area contributed by atoms with Crippen LogP contribution < -0.4 is 10.1 Å². The summed E-state index contributed by atoms with van der Waals surface area (Å²) in [7, 11) is 1.37. The Labute approximate surface area is 181 Å². The van der Waals surface area contributed by atoms with Crippen LogP contribution in [0.2, 0.25) is 0 Å². The van der Waals surface area contributed by atoms with Gasteiger partial charge in [0.15, 0.2) is 17.2 Å². The van der Waals surface area contributed by atoms with Crippen molar-refractivity contribution in [2.75, 3.05) is 13.7 Å². The minimum atomic E-state index is -0.956. The lowest BCUT2D eigenvalue weighted by Gasteiger charge is -2.26. The summed E-state index contributed by atoms with van der Waals surface area (Å²) in [5.41, 5.74) is 0.688. The maximum absolute atomic E-state index is 12.6. The first kappa shape index (κ1) is 22.6. The number of carbonyl (C=O) groups is 2. The van der Waals surface area contributed by atoms with Gasteiger partial charge in [-0.15, -0.1) is 0 Å². The van der Waals surface area contributed by atoms with Crippen molar-refractivity contribution < 1.29 is 28.9 Å². The van der Waals surface area contributed by atoms with E-state index < -0.39 is 35.9 Å². The van der Waals surface area contributed by atoms with Crippen LogP contribution in [0.5, 0.6) is 11.5 Å². The summed E-state index contributed by atoms with van der Waals surface area (Å²) in [6, 6.07) is 10.1. The Morgan fingerprint density at radius 1 is 1.19 bits per heavy atom. The molecule has 166 valence electrons. The number of nitrogens with one attached hydrogen (secondary N) is 1. The lowest BCUT2D eigenvalue weighted by atomic mass is 10.1. The van der Waals surface area contributed by atoms with Gasteiger partial charge in [-0.2, -0.15) is 0 Å². The second-order valence-corrected chi connectivity index (χ2v) is 7.66. The molecule has 1 saturated carbocycles. The molecular formula is C23H28N2O6. The molecule has 1 amide bonds. The van der Waals surface area contributed by atoms with Gasteiger partial charge >= 0.3 is 5.97 Å². The number of carbonyl (C=O) groups excluding carboxylic acids is 2. The average molecular weight is 428 g/mol. The minimum Gasteiger partial charge on any atom is -0.503 e. The van der Waals surface area contributed by atoms with Gasteiger partial charge in [0.05, 0.1) is 13.7 Å². The first-order chi connectivity index (χ1) is 14.9. The number of esters is 1. The highest BCUT2D eigenvalue weighted by molar-refractivity contribution is 5.97. The summed E-state index contributed by atoms with van der Waals surface area (Å²) in [6.45, 7) is 3.90. The second-order valence-electron chi connectivity index (χ2n) is 7.66. The topological polar surface area (TPSA) is 107 Å². The lowest BCUT2D eigenvalue weighted by Crippen LogP contribution is -2.41. The van der Waals surface area contributed by atoms with Gasteiger partial charge in [0.1, 0.15) is 18.2 Å². The Bertz CT molecular complexity index is 900. The van der Waals surface area contributed by atoms with Gasteiger partial charge < -0.3 is 24.6 Å². The van der Waals surface area contributed by atoms with E-state index in [-0.39, 0.29) is 11.4 Å². The molecule has 0 unspecified atom stereocenters. The van der Waals surface area contributed by atoms with Crippen molar-refractivity contribution in [2.24, 2.45) is 5.92 Å². The van der Waals surface area contributed by atoms with Crippen LogP contribution in [0.4, 0.5) is 0 Å². The summed E-state index contributed by atoms with van der Waals surface area (Å²) in [5, 5.41) is 12.6. The molecule has 31 heavy (non-hydrogen) atoms. The second kappa shape index (κ2) is 10.3. The van der Waals surface area contributed by atoms with E-state index in [1.54, 1.807) is 6.92 Å². The number of aromatic hydroxyl groups is 1. The average Bonchev–Trinajstić information content (AvgIpc) is 3.59. The zero-order valence-corrected chi connectivity index (χ0v) is 17.9. The third-order valence-corrected chi connectivity index (χ3v) is 5.09. The van der Waals surface area contributed by atoms with E-state index in [2.05, 4.69) is 10.3 Å². The van der Waals surface area contributed by atoms with E-state index in [1.807, 2.05) is 30.3 Å². The molecule has 3 atom stereocenters. The smallest absolute Gasteiger partial charge is 0.328 e. The normalized spacial score (nSPS) is 16.1. The van der Waals surface area contributed by atoms with Gasteiger partial charge in [0.25, 0.3) is 5.91 Å². The number of rotatable bonds is 10. The van der Waals surface area contributed by atoms with Gasteiger partial charge in [-0.1, -0.05) is 30.3 Å². The number of pyridine rings is 1. The van der Waals surface area contributed by atoms with Crippen LogP contribution in [0, 0.1) is 5.92 Å². The molecule has 0 radical (unpaired) electrons. The van der Waals surface area contributed by atoms with Gasteiger partial charge in [0, 0.05) is 12.3 Å². The molecule has 8 nitrogen and oxygen atoms in total. The van der Waals surface area contributed by atoms with E-state index in [4.69, 9.17) is 14.2 Å². The monoisotopic (exact) mass is 428 g/mol. The van der Waals surface area contributed by atoms with Crippen molar-refractivity contribution in [2.45, 2.75) is 44.9 Å². The summed E-state index contributed by atoms with van der Waals surface area (Å²) < 4.78 is 16.6. The van der Waals surface area contributed by atoms with Crippen LogP contribution in [0.15, 0.2) is 42.6 Å². The van der Waals surface area contributed by atoms with Crippen LogP contribution in [-0.2, 0) is 14.3 Å².